The molecular weight excluding hydrogens is 338 g/mol. The maximum Gasteiger partial charge on any atom is 0.220 e. The Morgan fingerprint density at radius 2 is 2.11 bits per heavy atom. The van der Waals surface area contributed by atoms with Crippen LogP contribution in [-0.4, -0.2) is 28.8 Å². The molecule has 0 fully saturated rings. The molecule has 146 valence electrons. The summed E-state index contributed by atoms with van der Waals surface area (Å²) >= 11 is 0. The lowest BCUT2D eigenvalue weighted by molar-refractivity contribution is -0.121. The van der Waals surface area contributed by atoms with Crippen molar-refractivity contribution in [1.29, 1.82) is 0 Å². The summed E-state index contributed by atoms with van der Waals surface area (Å²) in [6.45, 7) is 10.8. The van der Waals surface area contributed by atoms with Crippen molar-refractivity contribution >= 4 is 5.91 Å². The van der Waals surface area contributed by atoms with Crippen LogP contribution >= 0.6 is 0 Å². The molecule has 0 spiro atoms. The largest absolute Gasteiger partial charge is 0.493 e. The van der Waals surface area contributed by atoms with Crippen LogP contribution in [0.3, 0.4) is 0 Å². The van der Waals surface area contributed by atoms with Gasteiger partial charge >= 0.3 is 0 Å². The van der Waals surface area contributed by atoms with Gasteiger partial charge in [-0.15, -0.1) is 0 Å². The Kier molecular flexibility index (Phi) is 6.19. The first-order valence-corrected chi connectivity index (χ1v) is 9.94. The van der Waals surface area contributed by atoms with Crippen LogP contribution in [0.25, 0.3) is 0 Å². The van der Waals surface area contributed by atoms with Crippen LogP contribution in [0, 0.1) is 25.7 Å². The van der Waals surface area contributed by atoms with Crippen molar-refractivity contribution in [1.82, 2.24) is 15.1 Å². The predicted molar refractivity (Wildman–Crippen MR) is 107 cm³/mol. The van der Waals surface area contributed by atoms with Crippen molar-refractivity contribution in [3.8, 4) is 5.75 Å². The molecule has 2 heterocycles. The van der Waals surface area contributed by atoms with Gasteiger partial charge in [-0.05, 0) is 49.8 Å². The average molecular weight is 370 g/mol. The normalized spacial score (nSPS) is 16.1. The molecule has 0 radical (unpaired) electrons. The number of ether oxygens (including phenoxy) is 1. The molecule has 0 saturated carbocycles. The van der Waals surface area contributed by atoms with Gasteiger partial charge in [0, 0.05) is 31.1 Å². The molecule has 0 saturated heterocycles. The predicted octanol–water partition coefficient (Wildman–Crippen LogP) is 3.46. The second kappa shape index (κ2) is 8.59. The first kappa shape index (κ1) is 19.5. The zero-order valence-corrected chi connectivity index (χ0v) is 16.9. The minimum atomic E-state index is 0.101. The third kappa shape index (κ3) is 4.90. The summed E-state index contributed by atoms with van der Waals surface area (Å²) in [5.41, 5.74) is 4.66. The number of nitrogens with zero attached hydrogens (tertiary/aromatic N) is 2. The first-order valence-electron chi connectivity index (χ1n) is 9.94. The Morgan fingerprint density at radius 1 is 1.33 bits per heavy atom. The van der Waals surface area contributed by atoms with Gasteiger partial charge in [-0.3, -0.25) is 9.48 Å². The van der Waals surface area contributed by atoms with Crippen LogP contribution in [0.15, 0.2) is 24.3 Å². The smallest absolute Gasteiger partial charge is 0.220 e. The number of nitrogens with one attached hydrogen (secondary N) is 1. The minimum absolute atomic E-state index is 0.101. The highest BCUT2D eigenvalue weighted by Gasteiger charge is 2.20. The van der Waals surface area contributed by atoms with Crippen LogP contribution in [0.5, 0.6) is 5.75 Å². The lowest BCUT2D eigenvalue weighted by Crippen LogP contribution is -2.34. The van der Waals surface area contributed by atoms with Gasteiger partial charge < -0.3 is 10.1 Å². The molecule has 1 aromatic heterocycles. The number of aryl methyl sites for hydroxylation is 1. The fourth-order valence-electron chi connectivity index (χ4n) is 3.73. The van der Waals surface area contributed by atoms with Crippen molar-refractivity contribution in [3.63, 3.8) is 0 Å². The van der Waals surface area contributed by atoms with E-state index in [9.17, 15) is 4.79 Å². The average Bonchev–Trinajstić information content (AvgIpc) is 2.90. The second-order valence-electron chi connectivity index (χ2n) is 8.02. The van der Waals surface area contributed by atoms with E-state index in [-0.39, 0.29) is 5.91 Å². The zero-order chi connectivity index (χ0) is 19.4. The third-order valence-electron chi connectivity index (χ3n) is 5.22. The molecule has 1 amide bonds. The van der Waals surface area contributed by atoms with E-state index in [0.717, 1.165) is 30.8 Å². The summed E-state index contributed by atoms with van der Waals surface area (Å²) < 4.78 is 7.87. The molecule has 3 rings (SSSR count). The number of para-hydroxylation sites is 1. The van der Waals surface area contributed by atoms with E-state index in [2.05, 4.69) is 41.9 Å². The molecular formula is C22H31N3O2. The molecule has 1 aliphatic heterocycles. The van der Waals surface area contributed by atoms with E-state index >= 15 is 0 Å². The van der Waals surface area contributed by atoms with Crippen molar-refractivity contribution in [2.45, 2.75) is 53.5 Å². The molecule has 5 nitrogen and oxygen atoms in total. The number of hydrogen-bond acceptors (Lipinski definition) is 3. The monoisotopic (exact) mass is 369 g/mol. The Balaban J connectivity index is 1.47. The molecule has 0 bridgehead atoms. The number of rotatable bonds is 7. The number of carbonyl (C=O) groups is 1. The van der Waals surface area contributed by atoms with Gasteiger partial charge in [-0.2, -0.15) is 5.10 Å². The van der Waals surface area contributed by atoms with Gasteiger partial charge in [-0.25, -0.2) is 0 Å². The molecule has 0 aliphatic carbocycles. The highest BCUT2D eigenvalue weighted by Crippen LogP contribution is 2.26. The molecule has 1 aliphatic rings. The molecule has 1 aromatic carbocycles. The molecule has 1 unspecified atom stereocenters. The van der Waals surface area contributed by atoms with Gasteiger partial charge in [0.2, 0.25) is 5.91 Å². The molecule has 1 atom stereocenters. The van der Waals surface area contributed by atoms with Crippen molar-refractivity contribution in [2.24, 2.45) is 11.8 Å². The van der Waals surface area contributed by atoms with Crippen molar-refractivity contribution < 1.29 is 9.53 Å². The highest BCUT2D eigenvalue weighted by molar-refractivity contribution is 5.76. The minimum Gasteiger partial charge on any atom is -0.493 e. The van der Waals surface area contributed by atoms with Crippen LogP contribution in [-0.2, 0) is 24.2 Å². The van der Waals surface area contributed by atoms with Crippen LogP contribution in [0.1, 0.15) is 42.8 Å². The second-order valence-corrected chi connectivity index (χ2v) is 8.02. The summed E-state index contributed by atoms with van der Waals surface area (Å²) in [6.07, 6.45) is 2.20. The molecule has 1 N–H and O–H groups in total. The zero-order valence-electron chi connectivity index (χ0n) is 16.9. The van der Waals surface area contributed by atoms with Gasteiger partial charge in [0.15, 0.2) is 0 Å². The quantitative estimate of drug-likeness (QED) is 0.813. The number of benzene rings is 1. The number of aromatic nitrogens is 2. The van der Waals surface area contributed by atoms with Gasteiger partial charge in [-0.1, -0.05) is 32.0 Å². The Hall–Kier alpha value is -2.30. The van der Waals surface area contributed by atoms with E-state index in [4.69, 9.17) is 4.74 Å². The number of amides is 1. The molecule has 5 heteroatoms. The fourth-order valence-corrected chi connectivity index (χ4v) is 3.73. The summed E-state index contributed by atoms with van der Waals surface area (Å²) in [6, 6.07) is 8.14. The van der Waals surface area contributed by atoms with E-state index in [1.165, 1.54) is 16.8 Å². The van der Waals surface area contributed by atoms with Crippen molar-refractivity contribution in [3.05, 3.63) is 46.8 Å². The Bertz CT molecular complexity index is 795. The number of fused-ring (bicyclic) bond motifs is 1. The van der Waals surface area contributed by atoms with E-state index in [1.54, 1.807) is 0 Å². The number of carbonyl (C=O) groups excluding carboxylic acids is 1. The van der Waals surface area contributed by atoms with E-state index < -0.39 is 0 Å². The highest BCUT2D eigenvalue weighted by atomic mass is 16.5. The van der Waals surface area contributed by atoms with Crippen molar-refractivity contribution in [2.75, 3.05) is 13.2 Å². The van der Waals surface area contributed by atoms with E-state index in [0.29, 0.717) is 31.4 Å². The fraction of sp³-hybridized carbons (Fsp3) is 0.545. The van der Waals surface area contributed by atoms with Crippen LogP contribution in [0.4, 0.5) is 0 Å². The third-order valence-corrected chi connectivity index (χ3v) is 5.22. The lowest BCUT2D eigenvalue weighted by Gasteiger charge is -2.25. The summed E-state index contributed by atoms with van der Waals surface area (Å²) in [7, 11) is 0. The molecule has 2 aromatic rings. The van der Waals surface area contributed by atoms with Gasteiger partial charge in [0.1, 0.15) is 5.75 Å². The van der Waals surface area contributed by atoms with E-state index in [1.807, 2.05) is 25.1 Å². The summed E-state index contributed by atoms with van der Waals surface area (Å²) in [5, 5.41) is 7.72. The Morgan fingerprint density at radius 3 is 2.89 bits per heavy atom. The van der Waals surface area contributed by atoms with Gasteiger partial charge in [0.25, 0.3) is 0 Å². The van der Waals surface area contributed by atoms with Crippen LogP contribution < -0.4 is 10.1 Å². The summed E-state index contributed by atoms with van der Waals surface area (Å²) in [5.74, 6) is 1.97. The standard InChI is InChI=1S/C22H31N3O2/c1-15(2)13-25-17(4)20(16(3)24-25)9-10-22(26)23-12-18-11-19-7-5-6-8-21(19)27-14-18/h5-8,15,18H,9-14H2,1-4H3,(H,23,26). The Labute approximate surface area is 162 Å². The maximum atomic E-state index is 12.3. The molecule has 27 heavy (non-hydrogen) atoms. The lowest BCUT2D eigenvalue weighted by atomic mass is 9.96. The maximum absolute atomic E-state index is 12.3. The topological polar surface area (TPSA) is 56.2 Å². The SMILES string of the molecule is Cc1nn(CC(C)C)c(C)c1CCC(=O)NCC1COc2ccccc2C1. The summed E-state index contributed by atoms with van der Waals surface area (Å²) in [4.78, 5) is 12.3. The van der Waals surface area contributed by atoms with Gasteiger partial charge in [0.05, 0.1) is 12.3 Å². The van der Waals surface area contributed by atoms with Crippen LogP contribution in [0.2, 0.25) is 0 Å². The first-order chi connectivity index (χ1) is 12.9. The number of hydrogen-bond donors (Lipinski definition) is 1.